The molecule has 176 valence electrons. The molecule has 0 unspecified atom stereocenters. The van der Waals surface area contributed by atoms with Crippen molar-refractivity contribution < 1.29 is 19.0 Å². The number of nitrogens with zero attached hydrogens (tertiary/aromatic N) is 2. The normalized spacial score (nSPS) is 13.9. The van der Waals surface area contributed by atoms with Crippen LogP contribution in [0.25, 0.3) is 10.9 Å². The molecule has 0 atom stereocenters. The van der Waals surface area contributed by atoms with Crippen molar-refractivity contribution in [3.8, 4) is 11.5 Å². The molecule has 0 bridgehead atoms. The number of carbonyl (C=O) groups excluding carboxylic acids is 1. The van der Waals surface area contributed by atoms with Crippen molar-refractivity contribution >= 4 is 28.2 Å². The Kier molecular flexibility index (Phi) is 7.08. The van der Waals surface area contributed by atoms with Gasteiger partial charge < -0.3 is 29.0 Å². The Hall–Kier alpha value is -3.19. The first kappa shape index (κ1) is 23.0. The summed E-state index contributed by atoms with van der Waals surface area (Å²) in [6, 6.07) is 12.0. The van der Waals surface area contributed by atoms with Crippen LogP contribution in [-0.2, 0) is 11.3 Å². The van der Waals surface area contributed by atoms with Crippen LogP contribution in [0.5, 0.6) is 11.5 Å². The van der Waals surface area contributed by atoms with Crippen molar-refractivity contribution in [1.82, 2.24) is 4.57 Å². The van der Waals surface area contributed by atoms with Crippen molar-refractivity contribution in [3.05, 3.63) is 47.7 Å². The van der Waals surface area contributed by atoms with Gasteiger partial charge in [-0.2, -0.15) is 0 Å². The van der Waals surface area contributed by atoms with Crippen molar-refractivity contribution in [2.45, 2.75) is 34.2 Å². The number of anilines is 2. The van der Waals surface area contributed by atoms with Gasteiger partial charge in [0.1, 0.15) is 17.2 Å². The van der Waals surface area contributed by atoms with E-state index in [0.29, 0.717) is 50.1 Å². The lowest BCUT2D eigenvalue weighted by molar-refractivity contribution is 0.101. The van der Waals surface area contributed by atoms with Crippen LogP contribution in [0.4, 0.5) is 11.4 Å². The van der Waals surface area contributed by atoms with Crippen molar-refractivity contribution in [1.29, 1.82) is 0 Å². The molecule has 2 heterocycles. The number of amides is 1. The van der Waals surface area contributed by atoms with E-state index >= 15 is 0 Å². The summed E-state index contributed by atoms with van der Waals surface area (Å²) in [5.41, 5.74) is 4.26. The molecule has 1 amide bonds. The summed E-state index contributed by atoms with van der Waals surface area (Å²) >= 11 is 0. The van der Waals surface area contributed by atoms with Crippen LogP contribution in [0, 0.1) is 6.92 Å². The molecule has 33 heavy (non-hydrogen) atoms. The van der Waals surface area contributed by atoms with Crippen LogP contribution in [-0.4, -0.2) is 50.0 Å². The standard InChI is InChI=1S/C26H33N3O4/c1-5-29-21-11-9-8-10-19(21)18(4)25(29)26(30)27-20-16-24(33-7-3)22(17-23(20)32-6-2)28-12-14-31-15-13-28/h8-11,16-17H,5-7,12-15H2,1-4H3,(H,27,30). The molecule has 0 radical (unpaired) electrons. The summed E-state index contributed by atoms with van der Waals surface area (Å²) in [5, 5.41) is 4.20. The lowest BCUT2D eigenvalue weighted by atomic mass is 10.1. The fourth-order valence-corrected chi connectivity index (χ4v) is 4.52. The Bertz CT molecular complexity index is 1130. The highest BCUT2D eigenvalue weighted by Crippen LogP contribution is 2.40. The van der Waals surface area contributed by atoms with E-state index in [9.17, 15) is 4.79 Å². The van der Waals surface area contributed by atoms with Crippen molar-refractivity contribution in [2.24, 2.45) is 0 Å². The highest BCUT2D eigenvalue weighted by molar-refractivity contribution is 6.09. The zero-order valence-electron chi connectivity index (χ0n) is 19.9. The van der Waals surface area contributed by atoms with Crippen molar-refractivity contribution in [3.63, 3.8) is 0 Å². The molecule has 2 aromatic carbocycles. The first-order valence-corrected chi connectivity index (χ1v) is 11.7. The van der Waals surface area contributed by atoms with E-state index in [-0.39, 0.29) is 5.91 Å². The van der Waals surface area contributed by atoms with E-state index in [0.717, 1.165) is 41.0 Å². The van der Waals surface area contributed by atoms with E-state index < -0.39 is 0 Å². The molecular weight excluding hydrogens is 418 g/mol. The fourth-order valence-electron chi connectivity index (χ4n) is 4.52. The van der Waals surface area contributed by atoms with Gasteiger partial charge in [-0.15, -0.1) is 0 Å². The average Bonchev–Trinajstić information content (AvgIpc) is 3.13. The van der Waals surface area contributed by atoms with Crippen LogP contribution in [0.3, 0.4) is 0 Å². The Balaban J connectivity index is 1.74. The topological polar surface area (TPSA) is 65.0 Å². The molecule has 0 saturated carbocycles. The number of ether oxygens (including phenoxy) is 3. The molecule has 4 rings (SSSR count). The Morgan fingerprint density at radius 2 is 1.73 bits per heavy atom. The number of hydrogen-bond donors (Lipinski definition) is 1. The molecule has 0 aliphatic carbocycles. The third kappa shape index (κ3) is 4.50. The van der Waals surface area contributed by atoms with Gasteiger partial charge in [-0.1, -0.05) is 18.2 Å². The first-order chi connectivity index (χ1) is 16.1. The maximum absolute atomic E-state index is 13.5. The molecule has 7 nitrogen and oxygen atoms in total. The summed E-state index contributed by atoms with van der Waals surface area (Å²) in [6.45, 7) is 12.6. The third-order valence-corrected chi connectivity index (χ3v) is 6.02. The van der Waals surface area contributed by atoms with Gasteiger partial charge in [0, 0.05) is 42.7 Å². The average molecular weight is 452 g/mol. The number of para-hydroxylation sites is 1. The van der Waals surface area contributed by atoms with Gasteiger partial charge in [0.25, 0.3) is 5.91 Å². The summed E-state index contributed by atoms with van der Waals surface area (Å²) in [6.07, 6.45) is 0. The summed E-state index contributed by atoms with van der Waals surface area (Å²) in [5.74, 6) is 1.20. The number of rotatable bonds is 8. The van der Waals surface area contributed by atoms with E-state index in [2.05, 4.69) is 33.8 Å². The molecule has 7 heteroatoms. The Morgan fingerprint density at radius 1 is 1.03 bits per heavy atom. The van der Waals surface area contributed by atoms with Crippen molar-refractivity contribution in [2.75, 3.05) is 49.7 Å². The monoisotopic (exact) mass is 451 g/mol. The zero-order chi connectivity index (χ0) is 23.4. The van der Waals surface area contributed by atoms with E-state index in [1.54, 1.807) is 0 Å². The minimum Gasteiger partial charge on any atom is -0.492 e. The van der Waals surface area contributed by atoms with Gasteiger partial charge in [0.15, 0.2) is 0 Å². The van der Waals surface area contributed by atoms with E-state index in [4.69, 9.17) is 14.2 Å². The molecule has 1 saturated heterocycles. The third-order valence-electron chi connectivity index (χ3n) is 6.02. The van der Waals surface area contributed by atoms with Gasteiger partial charge in [-0.05, 0) is 39.3 Å². The number of nitrogens with one attached hydrogen (secondary N) is 1. The molecule has 1 aromatic heterocycles. The number of fused-ring (bicyclic) bond motifs is 1. The van der Waals surface area contributed by atoms with Crippen LogP contribution >= 0.6 is 0 Å². The Morgan fingerprint density at radius 3 is 2.42 bits per heavy atom. The molecule has 1 aliphatic rings. The number of carbonyl (C=O) groups is 1. The van der Waals surface area contributed by atoms with Crippen LogP contribution in [0.15, 0.2) is 36.4 Å². The number of aromatic nitrogens is 1. The lowest BCUT2D eigenvalue weighted by Crippen LogP contribution is -2.36. The summed E-state index contributed by atoms with van der Waals surface area (Å²) in [7, 11) is 0. The maximum Gasteiger partial charge on any atom is 0.272 e. The first-order valence-electron chi connectivity index (χ1n) is 11.7. The quantitative estimate of drug-likeness (QED) is 0.530. The van der Waals surface area contributed by atoms with Gasteiger partial charge in [0.05, 0.1) is 37.8 Å². The number of hydrogen-bond acceptors (Lipinski definition) is 5. The van der Waals surface area contributed by atoms with E-state index in [1.165, 1.54) is 0 Å². The van der Waals surface area contributed by atoms with Crippen LogP contribution in [0.1, 0.15) is 36.8 Å². The largest absolute Gasteiger partial charge is 0.492 e. The molecule has 0 spiro atoms. The number of morpholine rings is 1. The smallest absolute Gasteiger partial charge is 0.272 e. The summed E-state index contributed by atoms with van der Waals surface area (Å²) < 4.78 is 19.5. The number of benzene rings is 2. The minimum absolute atomic E-state index is 0.159. The predicted molar refractivity (Wildman–Crippen MR) is 132 cm³/mol. The van der Waals surface area contributed by atoms with Crippen LogP contribution in [0.2, 0.25) is 0 Å². The van der Waals surface area contributed by atoms with Gasteiger partial charge >= 0.3 is 0 Å². The second kappa shape index (κ2) is 10.2. The van der Waals surface area contributed by atoms with Gasteiger partial charge in [-0.3, -0.25) is 4.79 Å². The zero-order valence-corrected chi connectivity index (χ0v) is 19.9. The molecule has 1 N–H and O–H groups in total. The maximum atomic E-state index is 13.5. The molecular formula is C26H33N3O4. The van der Waals surface area contributed by atoms with Gasteiger partial charge in [0.2, 0.25) is 0 Å². The molecule has 1 aliphatic heterocycles. The minimum atomic E-state index is -0.159. The van der Waals surface area contributed by atoms with E-state index in [1.807, 2.05) is 45.0 Å². The lowest BCUT2D eigenvalue weighted by Gasteiger charge is -2.31. The number of aryl methyl sites for hydroxylation is 2. The predicted octanol–water partition coefficient (Wildman–Crippen LogP) is 4.86. The molecule has 1 fully saturated rings. The highest BCUT2D eigenvalue weighted by atomic mass is 16.5. The molecule has 3 aromatic rings. The second-order valence-corrected chi connectivity index (χ2v) is 7.97. The Labute approximate surface area is 195 Å². The second-order valence-electron chi connectivity index (χ2n) is 7.97. The van der Waals surface area contributed by atoms with Crippen LogP contribution < -0.4 is 19.7 Å². The summed E-state index contributed by atoms with van der Waals surface area (Å²) in [4.78, 5) is 15.8. The SMILES string of the molecule is CCOc1cc(N2CCOCC2)c(OCC)cc1NC(=O)c1c(C)c2ccccc2n1CC. The fraction of sp³-hybridized carbons (Fsp3) is 0.423. The highest BCUT2D eigenvalue weighted by Gasteiger charge is 2.23. The van der Waals surface area contributed by atoms with Gasteiger partial charge in [-0.25, -0.2) is 0 Å².